The Morgan fingerprint density at radius 2 is 1.75 bits per heavy atom. The van der Waals surface area contributed by atoms with Crippen LogP contribution in [0.4, 0.5) is 0 Å². The summed E-state index contributed by atoms with van der Waals surface area (Å²) in [5, 5.41) is 3.32. The van der Waals surface area contributed by atoms with E-state index in [1.54, 1.807) is 7.11 Å². The fourth-order valence-corrected chi connectivity index (χ4v) is 3.39. The van der Waals surface area contributed by atoms with E-state index in [0.29, 0.717) is 6.54 Å². The highest BCUT2D eigenvalue weighted by atomic mass is 16.5. The maximum atomic E-state index is 12.5. The molecule has 0 aliphatic carbocycles. The standard InChI is InChI=1S/C18H28N4O2/c1-24-17-5-3-2-4-16(17)14-21-10-12-22(13-11-21)18(23)15-20-8-6-19-7-9-20/h2-5,19H,6-15H2,1H3. The van der Waals surface area contributed by atoms with Gasteiger partial charge in [-0.15, -0.1) is 0 Å². The number of piperazine rings is 2. The van der Waals surface area contributed by atoms with E-state index in [-0.39, 0.29) is 5.91 Å². The lowest BCUT2D eigenvalue weighted by atomic mass is 10.1. The first-order valence-electron chi connectivity index (χ1n) is 8.81. The van der Waals surface area contributed by atoms with Crippen LogP contribution in [-0.4, -0.2) is 86.6 Å². The summed E-state index contributed by atoms with van der Waals surface area (Å²) in [4.78, 5) is 19.1. The molecule has 6 heteroatoms. The lowest BCUT2D eigenvalue weighted by molar-refractivity contribution is -0.134. The molecule has 24 heavy (non-hydrogen) atoms. The Hall–Kier alpha value is -1.63. The minimum Gasteiger partial charge on any atom is -0.496 e. The van der Waals surface area contributed by atoms with Gasteiger partial charge in [0.15, 0.2) is 0 Å². The molecule has 3 rings (SSSR count). The van der Waals surface area contributed by atoms with Crippen LogP contribution in [0, 0.1) is 0 Å². The quantitative estimate of drug-likeness (QED) is 0.837. The van der Waals surface area contributed by atoms with Crippen molar-refractivity contribution in [1.82, 2.24) is 20.0 Å². The van der Waals surface area contributed by atoms with Gasteiger partial charge < -0.3 is 15.0 Å². The van der Waals surface area contributed by atoms with Crippen LogP contribution < -0.4 is 10.1 Å². The van der Waals surface area contributed by atoms with E-state index in [0.717, 1.165) is 64.7 Å². The van der Waals surface area contributed by atoms with Crippen LogP contribution in [0.15, 0.2) is 24.3 Å². The largest absolute Gasteiger partial charge is 0.496 e. The van der Waals surface area contributed by atoms with Gasteiger partial charge in [-0.25, -0.2) is 0 Å². The van der Waals surface area contributed by atoms with Crippen molar-refractivity contribution in [3.8, 4) is 5.75 Å². The zero-order valence-electron chi connectivity index (χ0n) is 14.5. The summed E-state index contributed by atoms with van der Waals surface area (Å²) in [5.41, 5.74) is 1.21. The van der Waals surface area contributed by atoms with Crippen LogP contribution in [0.25, 0.3) is 0 Å². The topological polar surface area (TPSA) is 48.1 Å². The van der Waals surface area contributed by atoms with Gasteiger partial charge >= 0.3 is 0 Å². The van der Waals surface area contributed by atoms with Crippen molar-refractivity contribution in [1.29, 1.82) is 0 Å². The molecule has 2 aliphatic heterocycles. The van der Waals surface area contributed by atoms with Crippen LogP contribution >= 0.6 is 0 Å². The third-order valence-electron chi connectivity index (χ3n) is 4.88. The monoisotopic (exact) mass is 332 g/mol. The first kappa shape index (κ1) is 17.2. The average molecular weight is 332 g/mol. The first-order valence-corrected chi connectivity index (χ1v) is 8.81. The zero-order valence-corrected chi connectivity index (χ0v) is 14.5. The molecule has 1 aromatic rings. The Bertz CT molecular complexity index is 538. The van der Waals surface area contributed by atoms with Crippen LogP contribution in [0.5, 0.6) is 5.75 Å². The Balaban J connectivity index is 1.46. The maximum Gasteiger partial charge on any atom is 0.236 e. The lowest BCUT2D eigenvalue weighted by Crippen LogP contribution is -2.53. The predicted octanol–water partition coefficient (Wildman–Crippen LogP) is 0.245. The summed E-state index contributed by atoms with van der Waals surface area (Å²) in [5.74, 6) is 1.21. The van der Waals surface area contributed by atoms with Crippen molar-refractivity contribution in [3.05, 3.63) is 29.8 Å². The molecule has 1 N–H and O–H groups in total. The van der Waals surface area contributed by atoms with Crippen LogP contribution in [-0.2, 0) is 11.3 Å². The number of benzene rings is 1. The van der Waals surface area contributed by atoms with E-state index in [2.05, 4.69) is 21.2 Å². The number of nitrogens with one attached hydrogen (secondary N) is 1. The number of hydrogen-bond donors (Lipinski definition) is 1. The molecular formula is C18H28N4O2. The molecule has 0 radical (unpaired) electrons. The summed E-state index contributed by atoms with van der Waals surface area (Å²) >= 11 is 0. The number of rotatable bonds is 5. The number of methoxy groups -OCH3 is 1. The summed E-state index contributed by atoms with van der Waals surface area (Å²) in [6.07, 6.45) is 0. The highest BCUT2D eigenvalue weighted by Crippen LogP contribution is 2.20. The number of amides is 1. The molecule has 0 bridgehead atoms. The van der Waals surface area contributed by atoms with E-state index < -0.39 is 0 Å². The molecule has 1 aromatic carbocycles. The molecule has 132 valence electrons. The van der Waals surface area contributed by atoms with Crippen molar-refractivity contribution in [3.63, 3.8) is 0 Å². The molecular weight excluding hydrogens is 304 g/mol. The SMILES string of the molecule is COc1ccccc1CN1CCN(C(=O)CN2CCNCC2)CC1. The predicted molar refractivity (Wildman–Crippen MR) is 94.2 cm³/mol. The van der Waals surface area contributed by atoms with Gasteiger partial charge in [0.1, 0.15) is 5.75 Å². The first-order chi connectivity index (χ1) is 11.8. The average Bonchev–Trinajstić information content (AvgIpc) is 2.63. The Morgan fingerprint density at radius 3 is 2.46 bits per heavy atom. The normalized spacial score (nSPS) is 20.1. The summed E-state index contributed by atoms with van der Waals surface area (Å²) in [6.45, 7) is 8.84. The van der Waals surface area contributed by atoms with E-state index in [4.69, 9.17) is 4.74 Å². The van der Waals surface area contributed by atoms with Crippen molar-refractivity contribution >= 4 is 5.91 Å². The van der Waals surface area contributed by atoms with Crippen LogP contribution in [0.2, 0.25) is 0 Å². The summed E-state index contributed by atoms with van der Waals surface area (Å²) in [6, 6.07) is 8.16. The van der Waals surface area contributed by atoms with Gasteiger partial charge in [-0.3, -0.25) is 14.6 Å². The van der Waals surface area contributed by atoms with E-state index >= 15 is 0 Å². The van der Waals surface area contributed by atoms with Gasteiger partial charge in [-0.05, 0) is 6.07 Å². The zero-order chi connectivity index (χ0) is 16.8. The van der Waals surface area contributed by atoms with Gasteiger partial charge in [0.2, 0.25) is 5.91 Å². The molecule has 0 aromatic heterocycles. The van der Waals surface area contributed by atoms with Gasteiger partial charge in [0, 0.05) is 64.5 Å². The van der Waals surface area contributed by atoms with Crippen molar-refractivity contribution in [2.75, 3.05) is 66.0 Å². The van der Waals surface area contributed by atoms with Gasteiger partial charge in [-0.2, -0.15) is 0 Å². The van der Waals surface area contributed by atoms with Crippen molar-refractivity contribution in [2.45, 2.75) is 6.54 Å². The number of ether oxygens (including phenoxy) is 1. The second-order valence-electron chi connectivity index (χ2n) is 6.49. The molecule has 2 heterocycles. The van der Waals surface area contributed by atoms with Gasteiger partial charge in [0.25, 0.3) is 0 Å². The minimum absolute atomic E-state index is 0.272. The molecule has 2 aliphatic rings. The van der Waals surface area contributed by atoms with Crippen molar-refractivity contribution < 1.29 is 9.53 Å². The molecule has 1 amide bonds. The molecule has 0 spiro atoms. The number of carbonyl (C=O) groups excluding carboxylic acids is 1. The smallest absolute Gasteiger partial charge is 0.236 e. The number of hydrogen-bond acceptors (Lipinski definition) is 5. The number of nitrogens with zero attached hydrogens (tertiary/aromatic N) is 3. The second-order valence-corrected chi connectivity index (χ2v) is 6.49. The third-order valence-corrected chi connectivity index (χ3v) is 4.88. The molecule has 6 nitrogen and oxygen atoms in total. The van der Waals surface area contributed by atoms with E-state index in [1.165, 1.54) is 5.56 Å². The van der Waals surface area contributed by atoms with E-state index in [1.807, 2.05) is 23.1 Å². The maximum absolute atomic E-state index is 12.5. The molecule has 2 fully saturated rings. The molecule has 0 saturated carbocycles. The number of para-hydroxylation sites is 1. The van der Waals surface area contributed by atoms with Crippen molar-refractivity contribution in [2.24, 2.45) is 0 Å². The van der Waals surface area contributed by atoms with Crippen LogP contribution in [0.3, 0.4) is 0 Å². The third kappa shape index (κ3) is 4.47. The Kier molecular flexibility index (Phi) is 6.07. The highest BCUT2D eigenvalue weighted by molar-refractivity contribution is 5.78. The Labute approximate surface area is 144 Å². The van der Waals surface area contributed by atoms with E-state index in [9.17, 15) is 4.79 Å². The highest BCUT2D eigenvalue weighted by Gasteiger charge is 2.23. The Morgan fingerprint density at radius 1 is 1.04 bits per heavy atom. The van der Waals surface area contributed by atoms with Crippen LogP contribution in [0.1, 0.15) is 5.56 Å². The minimum atomic E-state index is 0.272. The molecule has 0 atom stereocenters. The number of carbonyl (C=O) groups is 1. The summed E-state index contributed by atoms with van der Waals surface area (Å²) in [7, 11) is 1.71. The lowest BCUT2D eigenvalue weighted by Gasteiger charge is -2.36. The summed E-state index contributed by atoms with van der Waals surface area (Å²) < 4.78 is 5.43. The van der Waals surface area contributed by atoms with Gasteiger partial charge in [-0.1, -0.05) is 18.2 Å². The fourth-order valence-electron chi connectivity index (χ4n) is 3.39. The second kappa shape index (κ2) is 8.46. The molecule has 0 unspecified atom stereocenters. The molecule has 2 saturated heterocycles. The fraction of sp³-hybridized carbons (Fsp3) is 0.611. The van der Waals surface area contributed by atoms with Gasteiger partial charge in [0.05, 0.1) is 13.7 Å².